The van der Waals surface area contributed by atoms with Gasteiger partial charge in [-0.05, 0) is 25.8 Å². The molecule has 0 saturated heterocycles. The van der Waals surface area contributed by atoms with Gasteiger partial charge < -0.3 is 14.8 Å². The van der Waals surface area contributed by atoms with Crippen molar-refractivity contribution in [2.75, 3.05) is 19.0 Å². The van der Waals surface area contributed by atoms with E-state index >= 15 is 0 Å². The number of ether oxygens (including phenoxy) is 2. The molecule has 12 heteroatoms. The number of amides is 1. The number of hydrogen-bond acceptors (Lipinski definition) is 9. The van der Waals surface area contributed by atoms with Crippen molar-refractivity contribution in [1.29, 1.82) is 0 Å². The third-order valence-electron chi connectivity index (χ3n) is 3.97. The average Bonchev–Trinajstić information content (AvgIpc) is 3.14. The monoisotopic (exact) mass is 424 g/mol. The van der Waals surface area contributed by atoms with Crippen LogP contribution in [-0.2, 0) is 16.5 Å². The Morgan fingerprint density at radius 2 is 1.93 bits per heavy atom. The average molecular weight is 424 g/mol. The SMILES string of the molecule is CCCOC(=O)c1c(NC(=O)c2c([N+](=O)[O-])c(C)nn2C)sc(C(=O)OC)c1C. The van der Waals surface area contributed by atoms with Gasteiger partial charge in [0, 0.05) is 7.05 Å². The van der Waals surface area contributed by atoms with Gasteiger partial charge in [-0.3, -0.25) is 19.6 Å². The Balaban J connectivity index is 2.52. The van der Waals surface area contributed by atoms with Crippen molar-refractivity contribution in [1.82, 2.24) is 9.78 Å². The molecule has 0 spiro atoms. The van der Waals surface area contributed by atoms with Gasteiger partial charge in [0.2, 0.25) is 5.69 Å². The molecule has 1 amide bonds. The number of aromatic nitrogens is 2. The molecule has 2 aromatic rings. The molecule has 0 aliphatic rings. The molecule has 2 rings (SSSR count). The molecule has 0 aliphatic carbocycles. The minimum absolute atomic E-state index is 0.00116. The van der Waals surface area contributed by atoms with Crippen LogP contribution in [0.1, 0.15) is 55.1 Å². The van der Waals surface area contributed by atoms with Gasteiger partial charge in [0.15, 0.2) is 0 Å². The van der Waals surface area contributed by atoms with Gasteiger partial charge >= 0.3 is 17.6 Å². The number of anilines is 1. The number of rotatable bonds is 7. The van der Waals surface area contributed by atoms with Crippen molar-refractivity contribution in [2.45, 2.75) is 27.2 Å². The number of hydrogen-bond donors (Lipinski definition) is 1. The molecular weight excluding hydrogens is 404 g/mol. The molecule has 0 radical (unpaired) electrons. The maximum Gasteiger partial charge on any atom is 0.348 e. The quantitative estimate of drug-likeness (QED) is 0.406. The van der Waals surface area contributed by atoms with Crippen LogP contribution in [0.5, 0.6) is 0 Å². The fourth-order valence-electron chi connectivity index (χ4n) is 2.68. The summed E-state index contributed by atoms with van der Waals surface area (Å²) in [5, 5.41) is 17.8. The number of nitrogens with one attached hydrogen (secondary N) is 1. The van der Waals surface area contributed by atoms with Crippen LogP contribution in [-0.4, -0.2) is 46.3 Å². The summed E-state index contributed by atoms with van der Waals surface area (Å²) in [5.74, 6) is -2.25. The lowest BCUT2D eigenvalue weighted by molar-refractivity contribution is -0.385. The first-order valence-corrected chi connectivity index (χ1v) is 9.33. The summed E-state index contributed by atoms with van der Waals surface area (Å²) < 4.78 is 10.9. The van der Waals surface area contributed by atoms with Gasteiger partial charge in [-0.15, -0.1) is 11.3 Å². The summed E-state index contributed by atoms with van der Waals surface area (Å²) in [6.07, 6.45) is 0.584. The first-order chi connectivity index (χ1) is 13.6. The highest BCUT2D eigenvalue weighted by Crippen LogP contribution is 2.35. The van der Waals surface area contributed by atoms with Crippen LogP contribution >= 0.6 is 11.3 Å². The Hall–Kier alpha value is -3.28. The molecule has 0 bridgehead atoms. The van der Waals surface area contributed by atoms with Gasteiger partial charge in [-0.25, -0.2) is 9.59 Å². The molecule has 2 aromatic heterocycles. The van der Waals surface area contributed by atoms with Crippen molar-refractivity contribution < 1.29 is 28.8 Å². The number of methoxy groups -OCH3 is 1. The Morgan fingerprint density at radius 1 is 1.28 bits per heavy atom. The molecule has 0 atom stereocenters. The summed E-state index contributed by atoms with van der Waals surface area (Å²) in [6.45, 7) is 4.91. The molecule has 2 heterocycles. The van der Waals surface area contributed by atoms with Crippen molar-refractivity contribution in [3.63, 3.8) is 0 Å². The number of aryl methyl sites for hydroxylation is 2. The van der Waals surface area contributed by atoms with Gasteiger partial charge in [0.05, 0.1) is 24.2 Å². The van der Waals surface area contributed by atoms with E-state index in [0.29, 0.717) is 6.42 Å². The van der Waals surface area contributed by atoms with E-state index in [-0.39, 0.29) is 39.0 Å². The molecule has 29 heavy (non-hydrogen) atoms. The summed E-state index contributed by atoms with van der Waals surface area (Å²) >= 11 is 0.824. The van der Waals surface area contributed by atoms with Gasteiger partial charge in [-0.1, -0.05) is 6.92 Å². The molecule has 1 N–H and O–H groups in total. The van der Waals surface area contributed by atoms with Crippen molar-refractivity contribution in [3.8, 4) is 0 Å². The zero-order valence-electron chi connectivity index (χ0n) is 16.5. The van der Waals surface area contributed by atoms with Gasteiger partial charge in [0.25, 0.3) is 5.91 Å². The van der Waals surface area contributed by atoms with E-state index in [1.165, 1.54) is 28.0 Å². The smallest absolute Gasteiger partial charge is 0.348 e. The van der Waals surface area contributed by atoms with Crippen LogP contribution in [0.4, 0.5) is 10.7 Å². The molecule has 0 aliphatic heterocycles. The molecule has 0 fully saturated rings. The minimum Gasteiger partial charge on any atom is -0.465 e. The van der Waals surface area contributed by atoms with Crippen LogP contribution in [0.15, 0.2) is 0 Å². The van der Waals surface area contributed by atoms with E-state index in [1.807, 2.05) is 6.92 Å². The van der Waals surface area contributed by atoms with Gasteiger partial charge in [-0.2, -0.15) is 5.10 Å². The Kier molecular flexibility index (Phi) is 6.69. The number of carbonyl (C=O) groups excluding carboxylic acids is 3. The molecule has 156 valence electrons. The summed E-state index contributed by atoms with van der Waals surface area (Å²) in [6, 6.07) is 0. The largest absolute Gasteiger partial charge is 0.465 e. The molecule has 0 saturated carbocycles. The van der Waals surface area contributed by atoms with Crippen molar-refractivity contribution in [2.24, 2.45) is 7.05 Å². The Morgan fingerprint density at radius 3 is 2.48 bits per heavy atom. The summed E-state index contributed by atoms with van der Waals surface area (Å²) in [5.41, 5.74) is -0.372. The third kappa shape index (κ3) is 4.26. The zero-order valence-corrected chi connectivity index (χ0v) is 17.3. The first-order valence-electron chi connectivity index (χ1n) is 8.52. The topological polar surface area (TPSA) is 143 Å². The maximum atomic E-state index is 12.8. The fourth-order valence-corrected chi connectivity index (χ4v) is 3.79. The molecular formula is C17H20N4O7S. The van der Waals surface area contributed by atoms with E-state index in [1.54, 1.807) is 0 Å². The maximum absolute atomic E-state index is 12.8. The fraction of sp³-hybridized carbons (Fsp3) is 0.412. The summed E-state index contributed by atoms with van der Waals surface area (Å²) in [7, 11) is 2.58. The van der Waals surface area contributed by atoms with Crippen LogP contribution in [0, 0.1) is 24.0 Å². The highest BCUT2D eigenvalue weighted by Gasteiger charge is 2.32. The standard InChI is InChI=1S/C17H20N4O7S/c1-6-7-28-16(23)10-8(2)13(17(24)27-5)29-15(10)18-14(22)12-11(21(25)26)9(3)19-20(12)4/h6-7H2,1-5H3,(H,18,22). The predicted octanol–water partition coefficient (Wildman–Crippen LogP) is 2.61. The molecule has 11 nitrogen and oxygen atoms in total. The Labute approximate surface area is 169 Å². The van der Waals surface area contributed by atoms with E-state index in [2.05, 4.69) is 10.4 Å². The van der Waals surface area contributed by atoms with Crippen LogP contribution < -0.4 is 5.32 Å². The van der Waals surface area contributed by atoms with E-state index in [0.717, 1.165) is 16.0 Å². The highest BCUT2D eigenvalue weighted by molar-refractivity contribution is 7.18. The van der Waals surface area contributed by atoms with Crippen molar-refractivity contribution in [3.05, 3.63) is 37.5 Å². The number of carbonyl (C=O) groups is 3. The lowest BCUT2D eigenvalue weighted by Gasteiger charge is -2.07. The number of nitrogens with zero attached hydrogens (tertiary/aromatic N) is 3. The lowest BCUT2D eigenvalue weighted by atomic mass is 10.1. The predicted molar refractivity (Wildman–Crippen MR) is 104 cm³/mol. The normalized spacial score (nSPS) is 10.5. The number of nitro groups is 1. The van der Waals surface area contributed by atoms with E-state index in [4.69, 9.17) is 9.47 Å². The van der Waals surface area contributed by atoms with E-state index < -0.39 is 28.5 Å². The molecule has 0 aromatic carbocycles. The third-order valence-corrected chi connectivity index (χ3v) is 5.16. The second-order valence-corrected chi connectivity index (χ2v) is 7.03. The highest BCUT2D eigenvalue weighted by atomic mass is 32.1. The van der Waals surface area contributed by atoms with Crippen molar-refractivity contribution >= 4 is 39.9 Å². The first kappa shape index (κ1) is 22.0. The zero-order chi connectivity index (χ0) is 21.9. The molecule has 0 unspecified atom stereocenters. The minimum atomic E-state index is -0.845. The number of esters is 2. The second-order valence-electron chi connectivity index (χ2n) is 6.01. The summed E-state index contributed by atoms with van der Waals surface area (Å²) in [4.78, 5) is 48.0. The lowest BCUT2D eigenvalue weighted by Crippen LogP contribution is -2.19. The van der Waals surface area contributed by atoms with Crippen LogP contribution in [0.25, 0.3) is 0 Å². The number of thiophene rings is 1. The second kappa shape index (κ2) is 8.82. The van der Waals surface area contributed by atoms with Crippen LogP contribution in [0.3, 0.4) is 0 Å². The van der Waals surface area contributed by atoms with Gasteiger partial charge in [0.1, 0.15) is 15.6 Å². The van der Waals surface area contributed by atoms with E-state index in [9.17, 15) is 24.5 Å². The Bertz CT molecular complexity index is 993. The van der Waals surface area contributed by atoms with Crippen LogP contribution in [0.2, 0.25) is 0 Å².